The van der Waals surface area contributed by atoms with Crippen LogP contribution < -0.4 is 5.32 Å². The highest BCUT2D eigenvalue weighted by atomic mass is 35.5. The molecule has 0 bridgehead atoms. The van der Waals surface area contributed by atoms with Gasteiger partial charge in [0.25, 0.3) is 0 Å². The van der Waals surface area contributed by atoms with Crippen LogP contribution in [-0.4, -0.2) is 36.7 Å². The first-order chi connectivity index (χ1) is 8.58. The highest BCUT2D eigenvalue weighted by Crippen LogP contribution is 2.15. The van der Waals surface area contributed by atoms with Crippen molar-refractivity contribution in [3.63, 3.8) is 0 Å². The third kappa shape index (κ3) is 4.01. The lowest BCUT2D eigenvalue weighted by Gasteiger charge is -2.14. The molecule has 0 aliphatic carbocycles. The molecule has 18 heavy (non-hydrogen) atoms. The fourth-order valence-corrected chi connectivity index (χ4v) is 1.58. The number of nitrogens with one attached hydrogen (secondary N) is 1. The van der Waals surface area contributed by atoms with Crippen LogP contribution in [0.4, 0.5) is 0 Å². The van der Waals surface area contributed by atoms with Gasteiger partial charge in [-0.3, -0.25) is 4.79 Å². The van der Waals surface area contributed by atoms with E-state index in [2.05, 4.69) is 10.1 Å². The van der Waals surface area contributed by atoms with Crippen molar-refractivity contribution in [1.82, 2.24) is 5.32 Å². The van der Waals surface area contributed by atoms with Crippen molar-refractivity contribution in [3.05, 3.63) is 34.9 Å². The number of hydrogen-bond acceptors (Lipinski definition) is 4. The van der Waals surface area contributed by atoms with E-state index < -0.39 is 24.5 Å². The Morgan fingerprint density at radius 1 is 1.44 bits per heavy atom. The highest BCUT2D eigenvalue weighted by molar-refractivity contribution is 6.31. The minimum atomic E-state index is -1.05. The second-order valence-corrected chi connectivity index (χ2v) is 4.00. The molecule has 98 valence electrons. The standard InChI is InChI=1S/C12H14ClNO4/c1-18-12(17)10(7-15)14-11(16)6-8-4-2-3-5-9(8)13/h2-5,10,15H,6-7H2,1H3,(H,14,16). The van der Waals surface area contributed by atoms with Gasteiger partial charge in [-0.15, -0.1) is 0 Å². The smallest absolute Gasteiger partial charge is 0.330 e. The van der Waals surface area contributed by atoms with Crippen LogP contribution in [0.25, 0.3) is 0 Å². The van der Waals surface area contributed by atoms with Crippen LogP contribution in [0.2, 0.25) is 5.02 Å². The molecule has 5 nitrogen and oxygen atoms in total. The summed E-state index contributed by atoms with van der Waals surface area (Å²) in [6, 6.07) is 5.86. The van der Waals surface area contributed by atoms with E-state index in [-0.39, 0.29) is 6.42 Å². The van der Waals surface area contributed by atoms with Crippen LogP contribution in [0.5, 0.6) is 0 Å². The topological polar surface area (TPSA) is 75.6 Å². The van der Waals surface area contributed by atoms with E-state index in [9.17, 15) is 9.59 Å². The third-order valence-electron chi connectivity index (χ3n) is 2.31. The number of carbonyl (C=O) groups excluding carboxylic acids is 2. The van der Waals surface area contributed by atoms with Gasteiger partial charge in [-0.05, 0) is 11.6 Å². The summed E-state index contributed by atoms with van der Waals surface area (Å²) < 4.78 is 4.44. The number of ether oxygens (including phenoxy) is 1. The van der Waals surface area contributed by atoms with E-state index in [4.69, 9.17) is 16.7 Å². The van der Waals surface area contributed by atoms with Gasteiger partial charge in [0.15, 0.2) is 6.04 Å². The van der Waals surface area contributed by atoms with E-state index in [1.54, 1.807) is 24.3 Å². The minimum absolute atomic E-state index is 0.0349. The second kappa shape index (κ2) is 6.98. The van der Waals surface area contributed by atoms with Gasteiger partial charge in [-0.1, -0.05) is 29.8 Å². The number of amides is 1. The van der Waals surface area contributed by atoms with Gasteiger partial charge in [-0.2, -0.15) is 0 Å². The van der Waals surface area contributed by atoms with Crippen molar-refractivity contribution in [2.75, 3.05) is 13.7 Å². The van der Waals surface area contributed by atoms with Crippen LogP contribution in [0.15, 0.2) is 24.3 Å². The van der Waals surface area contributed by atoms with E-state index >= 15 is 0 Å². The predicted octanol–water partition coefficient (Wildman–Crippen LogP) is 0.533. The number of esters is 1. The maximum Gasteiger partial charge on any atom is 0.330 e. The van der Waals surface area contributed by atoms with Gasteiger partial charge in [0, 0.05) is 5.02 Å². The maximum atomic E-state index is 11.7. The number of carbonyl (C=O) groups is 2. The van der Waals surface area contributed by atoms with Crippen molar-refractivity contribution in [3.8, 4) is 0 Å². The number of halogens is 1. The molecule has 0 aromatic heterocycles. The molecule has 1 amide bonds. The molecule has 1 rings (SSSR count). The molecule has 0 saturated heterocycles. The van der Waals surface area contributed by atoms with Crippen molar-refractivity contribution in [2.45, 2.75) is 12.5 Å². The van der Waals surface area contributed by atoms with Crippen molar-refractivity contribution >= 4 is 23.5 Å². The zero-order valence-corrected chi connectivity index (χ0v) is 10.6. The summed E-state index contributed by atoms with van der Waals surface area (Å²) in [6.07, 6.45) is 0.0349. The van der Waals surface area contributed by atoms with Gasteiger partial charge >= 0.3 is 5.97 Å². The number of aliphatic hydroxyl groups excluding tert-OH is 1. The van der Waals surface area contributed by atoms with Crippen LogP contribution >= 0.6 is 11.6 Å². The van der Waals surface area contributed by atoms with Gasteiger partial charge in [0.05, 0.1) is 20.1 Å². The lowest BCUT2D eigenvalue weighted by molar-refractivity contribution is -0.146. The van der Waals surface area contributed by atoms with Crippen molar-refractivity contribution in [2.24, 2.45) is 0 Å². The fourth-order valence-electron chi connectivity index (χ4n) is 1.38. The first-order valence-corrected chi connectivity index (χ1v) is 5.67. The van der Waals surface area contributed by atoms with Gasteiger partial charge in [0.1, 0.15) is 0 Å². The van der Waals surface area contributed by atoms with E-state index in [1.165, 1.54) is 7.11 Å². The second-order valence-electron chi connectivity index (χ2n) is 3.59. The summed E-state index contributed by atoms with van der Waals surface area (Å²) >= 11 is 5.91. The third-order valence-corrected chi connectivity index (χ3v) is 2.68. The first kappa shape index (κ1) is 14.5. The molecule has 0 spiro atoms. The van der Waals surface area contributed by atoms with Crippen molar-refractivity contribution in [1.29, 1.82) is 0 Å². The molecule has 1 aromatic rings. The maximum absolute atomic E-state index is 11.7. The molecule has 1 atom stereocenters. The number of aliphatic hydroxyl groups is 1. The Hall–Kier alpha value is -1.59. The summed E-state index contributed by atoms with van der Waals surface area (Å²) in [4.78, 5) is 22.8. The van der Waals surface area contributed by atoms with Crippen LogP contribution in [0.3, 0.4) is 0 Å². The summed E-state index contributed by atoms with van der Waals surface area (Å²) in [7, 11) is 1.19. The zero-order valence-electron chi connectivity index (χ0n) is 9.85. The van der Waals surface area contributed by atoms with Crippen LogP contribution in [0.1, 0.15) is 5.56 Å². The molecular formula is C12H14ClNO4. The van der Waals surface area contributed by atoms with Crippen LogP contribution in [0, 0.1) is 0 Å². The largest absolute Gasteiger partial charge is 0.467 e. The number of methoxy groups -OCH3 is 1. The van der Waals surface area contributed by atoms with E-state index in [0.717, 1.165) is 0 Å². The van der Waals surface area contributed by atoms with E-state index in [1.807, 2.05) is 0 Å². The Balaban J connectivity index is 2.61. The Bertz CT molecular complexity index is 436. The Morgan fingerprint density at radius 2 is 2.11 bits per heavy atom. The normalized spacial score (nSPS) is 11.7. The summed E-state index contributed by atoms with van der Waals surface area (Å²) in [5, 5.41) is 11.8. The Labute approximate surface area is 110 Å². The molecule has 0 heterocycles. The van der Waals surface area contributed by atoms with E-state index in [0.29, 0.717) is 10.6 Å². The predicted molar refractivity (Wildman–Crippen MR) is 66.2 cm³/mol. The molecule has 1 unspecified atom stereocenters. The fraction of sp³-hybridized carbons (Fsp3) is 0.333. The lowest BCUT2D eigenvalue weighted by Crippen LogP contribution is -2.44. The van der Waals surface area contributed by atoms with Crippen molar-refractivity contribution < 1.29 is 19.4 Å². The molecule has 0 aliphatic rings. The van der Waals surface area contributed by atoms with Gasteiger partial charge in [0.2, 0.25) is 5.91 Å². The zero-order chi connectivity index (χ0) is 13.5. The molecule has 0 saturated carbocycles. The monoisotopic (exact) mass is 271 g/mol. The van der Waals surface area contributed by atoms with Gasteiger partial charge in [-0.25, -0.2) is 4.79 Å². The number of benzene rings is 1. The molecule has 0 radical (unpaired) electrons. The molecule has 0 aliphatic heterocycles. The summed E-state index contributed by atoms with van der Waals surface area (Å²) in [5.74, 6) is -1.10. The molecular weight excluding hydrogens is 258 g/mol. The molecule has 0 fully saturated rings. The highest BCUT2D eigenvalue weighted by Gasteiger charge is 2.20. The number of hydrogen-bond donors (Lipinski definition) is 2. The SMILES string of the molecule is COC(=O)C(CO)NC(=O)Cc1ccccc1Cl. The number of rotatable bonds is 5. The quantitative estimate of drug-likeness (QED) is 0.766. The Kier molecular flexibility index (Phi) is 5.61. The summed E-state index contributed by atoms with van der Waals surface area (Å²) in [5.41, 5.74) is 0.651. The van der Waals surface area contributed by atoms with Crippen LogP contribution in [-0.2, 0) is 20.7 Å². The summed E-state index contributed by atoms with van der Waals surface area (Å²) in [6.45, 7) is -0.513. The lowest BCUT2D eigenvalue weighted by atomic mass is 10.1. The molecule has 6 heteroatoms. The minimum Gasteiger partial charge on any atom is -0.467 e. The molecule has 2 N–H and O–H groups in total. The van der Waals surface area contributed by atoms with Gasteiger partial charge < -0.3 is 15.2 Å². The Morgan fingerprint density at radius 3 is 2.67 bits per heavy atom. The molecule has 1 aromatic carbocycles. The first-order valence-electron chi connectivity index (χ1n) is 5.30. The average Bonchev–Trinajstić information content (AvgIpc) is 2.37. The average molecular weight is 272 g/mol.